The van der Waals surface area contributed by atoms with Gasteiger partial charge in [0, 0.05) is 28.4 Å². The molecule has 0 fully saturated rings. The van der Waals surface area contributed by atoms with E-state index in [1.54, 1.807) is 19.1 Å². The van der Waals surface area contributed by atoms with E-state index in [2.05, 4.69) is 5.32 Å². The third-order valence-corrected chi connectivity index (χ3v) is 4.08. The number of nitrogens with zero attached hydrogens (tertiary/aromatic N) is 2. The summed E-state index contributed by atoms with van der Waals surface area (Å²) in [4.78, 5) is 21.6. The van der Waals surface area contributed by atoms with Gasteiger partial charge in [0.2, 0.25) is 0 Å². The zero-order valence-corrected chi connectivity index (χ0v) is 12.3. The van der Waals surface area contributed by atoms with Crippen LogP contribution >= 0.6 is 0 Å². The van der Waals surface area contributed by atoms with E-state index in [1.807, 2.05) is 13.8 Å². The zero-order chi connectivity index (χ0) is 15.5. The lowest BCUT2D eigenvalue weighted by atomic mass is 9.80. The molecule has 0 saturated carbocycles. The van der Waals surface area contributed by atoms with Crippen molar-refractivity contribution in [3.8, 4) is 0 Å². The number of hydrogen-bond acceptors (Lipinski definition) is 5. The Morgan fingerprint density at radius 3 is 2.25 bits per heavy atom. The number of nitrogens with one attached hydrogen (secondary N) is 1. The van der Waals surface area contributed by atoms with Gasteiger partial charge < -0.3 is 5.32 Å². The van der Waals surface area contributed by atoms with Gasteiger partial charge in [0.1, 0.15) is 0 Å². The standard InChI is InChI=1S/C13H21N3O4/c1-5-10(6-2)14-11-8-7-9(3)13(4,16(19)20)12(11)15(17)18/h7-8,10,12,14H,5-6H2,1-4H3. The minimum atomic E-state index is -1.72. The van der Waals surface area contributed by atoms with Crippen molar-refractivity contribution in [2.75, 3.05) is 0 Å². The smallest absolute Gasteiger partial charge is 0.324 e. The Balaban J connectivity index is 3.23. The molecule has 0 radical (unpaired) electrons. The van der Waals surface area contributed by atoms with Crippen LogP contribution in [-0.2, 0) is 0 Å². The van der Waals surface area contributed by atoms with Gasteiger partial charge in [0.15, 0.2) is 0 Å². The lowest BCUT2D eigenvalue weighted by molar-refractivity contribution is -0.635. The van der Waals surface area contributed by atoms with Crippen molar-refractivity contribution in [3.63, 3.8) is 0 Å². The fraction of sp³-hybridized carbons (Fsp3) is 0.692. The molecule has 2 atom stereocenters. The van der Waals surface area contributed by atoms with E-state index in [0.717, 1.165) is 12.8 Å². The van der Waals surface area contributed by atoms with Crippen molar-refractivity contribution in [1.82, 2.24) is 5.32 Å². The Kier molecular flexibility index (Phi) is 4.86. The van der Waals surface area contributed by atoms with Gasteiger partial charge in [-0.3, -0.25) is 20.2 Å². The summed E-state index contributed by atoms with van der Waals surface area (Å²) in [7, 11) is 0. The predicted octanol–water partition coefficient (Wildman–Crippen LogP) is 2.29. The van der Waals surface area contributed by atoms with Crippen LogP contribution in [0.1, 0.15) is 40.5 Å². The van der Waals surface area contributed by atoms with Crippen molar-refractivity contribution in [1.29, 1.82) is 0 Å². The molecular formula is C13H21N3O4. The maximum atomic E-state index is 11.4. The normalized spacial score (nSPS) is 25.9. The molecule has 0 amide bonds. The van der Waals surface area contributed by atoms with Crippen LogP contribution in [0.2, 0.25) is 0 Å². The Morgan fingerprint density at radius 1 is 1.30 bits per heavy atom. The van der Waals surface area contributed by atoms with Crippen LogP contribution in [0, 0.1) is 20.2 Å². The van der Waals surface area contributed by atoms with Gasteiger partial charge in [-0.15, -0.1) is 0 Å². The minimum Gasteiger partial charge on any atom is -0.380 e. The summed E-state index contributed by atoms with van der Waals surface area (Å²) in [6, 6.07) is -1.31. The number of rotatable bonds is 6. The molecule has 1 N–H and O–H groups in total. The lowest BCUT2D eigenvalue weighted by Gasteiger charge is -2.31. The number of hydrogen-bond donors (Lipinski definition) is 1. The summed E-state index contributed by atoms with van der Waals surface area (Å²) >= 11 is 0. The van der Waals surface area contributed by atoms with Crippen LogP contribution in [0.4, 0.5) is 0 Å². The highest BCUT2D eigenvalue weighted by molar-refractivity contribution is 5.34. The first kappa shape index (κ1) is 16.1. The van der Waals surface area contributed by atoms with Crippen molar-refractivity contribution >= 4 is 0 Å². The molecule has 7 heteroatoms. The van der Waals surface area contributed by atoms with Crippen LogP contribution in [0.3, 0.4) is 0 Å². The van der Waals surface area contributed by atoms with E-state index >= 15 is 0 Å². The topological polar surface area (TPSA) is 98.3 Å². The summed E-state index contributed by atoms with van der Waals surface area (Å²) < 4.78 is 0. The Labute approximate surface area is 118 Å². The van der Waals surface area contributed by atoms with Crippen molar-refractivity contribution in [2.24, 2.45) is 0 Å². The van der Waals surface area contributed by atoms with Crippen LogP contribution in [0.5, 0.6) is 0 Å². The van der Waals surface area contributed by atoms with Gasteiger partial charge in [-0.1, -0.05) is 19.9 Å². The van der Waals surface area contributed by atoms with Crippen molar-refractivity contribution in [3.05, 3.63) is 43.7 Å². The summed E-state index contributed by atoms with van der Waals surface area (Å²) in [5, 5.41) is 25.8. The molecule has 1 aliphatic rings. The number of allylic oxidation sites excluding steroid dienone is 2. The minimum absolute atomic E-state index is 0.0755. The zero-order valence-electron chi connectivity index (χ0n) is 12.3. The second kappa shape index (κ2) is 6.02. The Morgan fingerprint density at radius 2 is 1.85 bits per heavy atom. The number of nitro groups is 2. The molecule has 7 nitrogen and oxygen atoms in total. The van der Waals surface area contributed by atoms with Gasteiger partial charge in [0.05, 0.1) is 5.70 Å². The molecule has 20 heavy (non-hydrogen) atoms. The van der Waals surface area contributed by atoms with Gasteiger partial charge in [-0.05, 0) is 25.8 Å². The molecule has 1 rings (SSSR count). The fourth-order valence-corrected chi connectivity index (χ4v) is 2.41. The summed E-state index contributed by atoms with van der Waals surface area (Å²) in [5.74, 6) is 0. The molecular weight excluding hydrogens is 262 g/mol. The molecule has 2 unspecified atom stereocenters. The maximum Gasteiger partial charge on any atom is 0.324 e. The third-order valence-electron chi connectivity index (χ3n) is 4.08. The monoisotopic (exact) mass is 283 g/mol. The van der Waals surface area contributed by atoms with E-state index in [0.29, 0.717) is 11.3 Å². The van der Waals surface area contributed by atoms with E-state index in [-0.39, 0.29) is 6.04 Å². The summed E-state index contributed by atoms with van der Waals surface area (Å²) in [5.41, 5.74) is -1.01. The SMILES string of the molecule is CCC(CC)NC1=CC=C(C)C(C)([N+](=O)[O-])C1[N+](=O)[O-]. The lowest BCUT2D eigenvalue weighted by Crippen LogP contribution is -2.56. The van der Waals surface area contributed by atoms with Crippen LogP contribution in [-0.4, -0.2) is 27.5 Å². The van der Waals surface area contributed by atoms with E-state index in [1.165, 1.54) is 6.92 Å². The van der Waals surface area contributed by atoms with Crippen LogP contribution in [0.25, 0.3) is 0 Å². The molecule has 0 saturated heterocycles. The summed E-state index contributed by atoms with van der Waals surface area (Å²) in [6.45, 7) is 6.82. The van der Waals surface area contributed by atoms with Gasteiger partial charge >= 0.3 is 11.6 Å². The second-order valence-electron chi connectivity index (χ2n) is 5.22. The molecule has 0 aromatic rings. The maximum absolute atomic E-state index is 11.4. The highest BCUT2D eigenvalue weighted by atomic mass is 16.6. The van der Waals surface area contributed by atoms with E-state index < -0.39 is 21.4 Å². The quantitative estimate of drug-likeness (QED) is 0.595. The average molecular weight is 283 g/mol. The first-order valence-corrected chi connectivity index (χ1v) is 6.72. The first-order valence-electron chi connectivity index (χ1n) is 6.72. The van der Waals surface area contributed by atoms with Crippen LogP contribution in [0.15, 0.2) is 23.4 Å². The molecule has 0 aromatic carbocycles. The molecule has 0 aliphatic heterocycles. The summed E-state index contributed by atoms with van der Waals surface area (Å²) in [6.07, 6.45) is 4.78. The van der Waals surface area contributed by atoms with Gasteiger partial charge in [-0.25, -0.2) is 0 Å². The van der Waals surface area contributed by atoms with E-state index in [4.69, 9.17) is 0 Å². The second-order valence-corrected chi connectivity index (χ2v) is 5.22. The largest absolute Gasteiger partial charge is 0.380 e. The molecule has 0 aromatic heterocycles. The van der Waals surface area contributed by atoms with E-state index in [9.17, 15) is 20.2 Å². The highest BCUT2D eigenvalue weighted by Crippen LogP contribution is 2.33. The fourth-order valence-electron chi connectivity index (χ4n) is 2.41. The highest BCUT2D eigenvalue weighted by Gasteiger charge is 2.58. The van der Waals surface area contributed by atoms with Crippen LogP contribution < -0.4 is 5.32 Å². The third kappa shape index (κ3) is 2.66. The first-order chi connectivity index (χ1) is 9.28. The average Bonchev–Trinajstić information content (AvgIpc) is 2.39. The van der Waals surface area contributed by atoms with Gasteiger partial charge in [-0.2, -0.15) is 0 Å². The molecule has 1 aliphatic carbocycles. The molecule has 0 heterocycles. The molecule has 0 bridgehead atoms. The van der Waals surface area contributed by atoms with Crippen molar-refractivity contribution < 1.29 is 9.85 Å². The molecule has 112 valence electrons. The Hall–Kier alpha value is -1.92. The van der Waals surface area contributed by atoms with Crippen molar-refractivity contribution in [2.45, 2.75) is 58.2 Å². The Bertz CT molecular complexity index is 468. The predicted molar refractivity (Wildman–Crippen MR) is 75.5 cm³/mol. The van der Waals surface area contributed by atoms with Gasteiger partial charge in [0.25, 0.3) is 0 Å². The molecule has 0 spiro atoms.